The van der Waals surface area contributed by atoms with Gasteiger partial charge in [-0.05, 0) is 45.7 Å². The van der Waals surface area contributed by atoms with Gasteiger partial charge in [-0.3, -0.25) is 0 Å². The van der Waals surface area contributed by atoms with Crippen molar-refractivity contribution < 1.29 is 9.15 Å². The van der Waals surface area contributed by atoms with Gasteiger partial charge in [0.1, 0.15) is 16.8 Å². The maximum Gasteiger partial charge on any atom is 0.176 e. The zero-order chi connectivity index (χ0) is 30.8. The van der Waals surface area contributed by atoms with E-state index in [0.29, 0.717) is 11.8 Å². The number of thiazole rings is 1. The van der Waals surface area contributed by atoms with Gasteiger partial charge in [0.05, 0.1) is 18.4 Å². The van der Waals surface area contributed by atoms with Crippen LogP contribution < -0.4 is 10.1 Å². The van der Waals surface area contributed by atoms with Crippen LogP contribution in [0.2, 0.25) is 0 Å². The van der Waals surface area contributed by atoms with Gasteiger partial charge in [-0.25, -0.2) is 4.98 Å². The van der Waals surface area contributed by atoms with Crippen molar-refractivity contribution in [1.29, 1.82) is 0 Å². The zero-order valence-electron chi connectivity index (χ0n) is 26.3. The summed E-state index contributed by atoms with van der Waals surface area (Å²) in [4.78, 5) is 5.38. The number of rotatable bonds is 10. The van der Waals surface area contributed by atoms with Crippen LogP contribution in [0.1, 0.15) is 80.0 Å². The lowest BCUT2D eigenvalue weighted by Crippen LogP contribution is -2.17. The van der Waals surface area contributed by atoms with E-state index in [9.17, 15) is 0 Å². The van der Waals surface area contributed by atoms with Crippen LogP contribution in [0.15, 0.2) is 101 Å². The van der Waals surface area contributed by atoms with E-state index in [1.807, 2.05) is 12.1 Å². The number of fused-ring (bicyclic) bond motifs is 1. The fourth-order valence-electron chi connectivity index (χ4n) is 6.13. The molecular formula is C39H40N2O2S. The van der Waals surface area contributed by atoms with Crippen molar-refractivity contribution in [3.05, 3.63) is 124 Å². The second-order valence-corrected chi connectivity index (χ2v) is 12.7. The van der Waals surface area contributed by atoms with Crippen LogP contribution in [0.25, 0.3) is 33.4 Å². The Hall–Kier alpha value is -4.35. The predicted octanol–water partition coefficient (Wildman–Crippen LogP) is 11.2. The topological polar surface area (TPSA) is 47.3 Å². The molecule has 224 valence electrons. The van der Waals surface area contributed by atoms with Crippen LogP contribution in [0.4, 0.5) is 5.69 Å². The Morgan fingerprint density at radius 1 is 0.795 bits per heavy atom. The molecule has 0 amide bonds. The molecule has 1 atom stereocenters. The summed E-state index contributed by atoms with van der Waals surface area (Å²) in [5.41, 5.74) is 10.2. The van der Waals surface area contributed by atoms with E-state index in [0.717, 1.165) is 45.2 Å². The zero-order valence-corrected chi connectivity index (χ0v) is 27.2. The fourth-order valence-corrected chi connectivity index (χ4v) is 7.01. The summed E-state index contributed by atoms with van der Waals surface area (Å²) in [5.74, 6) is 2.39. The molecule has 4 aromatic carbocycles. The molecule has 0 aliphatic rings. The molecule has 44 heavy (non-hydrogen) atoms. The van der Waals surface area contributed by atoms with Gasteiger partial charge >= 0.3 is 0 Å². The minimum Gasteiger partial charge on any atom is -0.493 e. The Morgan fingerprint density at radius 2 is 1.45 bits per heavy atom. The molecule has 4 nitrogen and oxygen atoms in total. The number of aromatic nitrogens is 1. The van der Waals surface area contributed by atoms with Crippen LogP contribution in [-0.4, -0.2) is 12.1 Å². The van der Waals surface area contributed by atoms with Crippen molar-refractivity contribution in [3.63, 3.8) is 0 Å². The highest BCUT2D eigenvalue weighted by Gasteiger charge is 2.27. The largest absolute Gasteiger partial charge is 0.493 e. The van der Waals surface area contributed by atoms with E-state index in [1.165, 1.54) is 33.5 Å². The molecule has 0 spiro atoms. The van der Waals surface area contributed by atoms with Gasteiger partial charge in [0.15, 0.2) is 11.3 Å². The monoisotopic (exact) mass is 600 g/mol. The average molecular weight is 601 g/mol. The Balaban J connectivity index is 1.55. The number of ether oxygens (including phenoxy) is 1. The maximum absolute atomic E-state index is 6.36. The molecule has 6 rings (SSSR count). The van der Waals surface area contributed by atoms with Gasteiger partial charge in [-0.1, -0.05) is 120 Å². The number of benzene rings is 4. The van der Waals surface area contributed by atoms with Gasteiger partial charge in [0.25, 0.3) is 0 Å². The number of para-hydroxylation sites is 2. The molecule has 6 aromatic rings. The summed E-state index contributed by atoms with van der Waals surface area (Å²) in [6.07, 6.45) is 0.762. The SMILES string of the molecule is CCc1oc2c(OC)cccc2c1-c1csc(C(Nc2c(C(C)C)cccc2C(C)C)c2ccccc2-c2ccccc2)n1. The number of aryl methyl sites for hydroxylation is 1. The standard InChI is InChI=1S/C39H40N2O2S/c1-7-33-35(31-21-14-22-34(42-6)38(31)43-33)32-23-44-39(40-32)37(30-18-12-11-17-29(30)26-15-9-8-10-16-26)41-36-27(24(2)3)19-13-20-28(36)25(4)5/h8-25,37,41H,7H2,1-6H3. The lowest BCUT2D eigenvalue weighted by atomic mass is 9.90. The molecule has 0 bridgehead atoms. The van der Waals surface area contributed by atoms with Crippen LogP contribution in [0.5, 0.6) is 5.75 Å². The molecule has 2 heterocycles. The highest BCUT2D eigenvalue weighted by molar-refractivity contribution is 7.10. The Bertz CT molecular complexity index is 1860. The first-order chi connectivity index (χ1) is 21.4. The molecule has 0 aliphatic carbocycles. The van der Waals surface area contributed by atoms with Gasteiger partial charge in [-0.2, -0.15) is 0 Å². The summed E-state index contributed by atoms with van der Waals surface area (Å²) >= 11 is 1.69. The predicted molar refractivity (Wildman–Crippen MR) is 185 cm³/mol. The molecule has 5 heteroatoms. The van der Waals surface area contributed by atoms with E-state index in [4.69, 9.17) is 14.1 Å². The minimum absolute atomic E-state index is 0.166. The quantitative estimate of drug-likeness (QED) is 0.170. The lowest BCUT2D eigenvalue weighted by molar-refractivity contribution is 0.408. The molecule has 2 aromatic heterocycles. The number of anilines is 1. The fraction of sp³-hybridized carbons (Fsp3) is 0.256. The van der Waals surface area contributed by atoms with Crippen molar-refractivity contribution in [2.24, 2.45) is 0 Å². The molecular weight excluding hydrogens is 561 g/mol. The van der Waals surface area contributed by atoms with Crippen molar-refractivity contribution in [2.45, 2.75) is 58.9 Å². The first-order valence-corrected chi connectivity index (χ1v) is 16.4. The second kappa shape index (κ2) is 12.7. The summed E-state index contributed by atoms with van der Waals surface area (Å²) in [6, 6.07) is 31.9. The molecule has 0 saturated heterocycles. The van der Waals surface area contributed by atoms with Crippen molar-refractivity contribution >= 4 is 28.0 Å². The van der Waals surface area contributed by atoms with Gasteiger partial charge < -0.3 is 14.5 Å². The summed E-state index contributed by atoms with van der Waals surface area (Å²) in [5, 5.41) is 8.28. The summed E-state index contributed by atoms with van der Waals surface area (Å²) in [6.45, 7) is 11.2. The third-order valence-corrected chi connectivity index (χ3v) is 9.25. The normalized spacial score (nSPS) is 12.3. The Labute approximate surface area is 264 Å². The van der Waals surface area contributed by atoms with E-state index in [2.05, 4.69) is 124 Å². The number of hydrogen-bond donors (Lipinski definition) is 1. The van der Waals surface area contributed by atoms with Crippen molar-refractivity contribution in [3.8, 4) is 28.1 Å². The highest BCUT2D eigenvalue weighted by Crippen LogP contribution is 2.43. The molecule has 0 radical (unpaired) electrons. The maximum atomic E-state index is 6.36. The van der Waals surface area contributed by atoms with E-state index in [-0.39, 0.29) is 6.04 Å². The van der Waals surface area contributed by atoms with Crippen LogP contribution in [-0.2, 0) is 6.42 Å². The average Bonchev–Trinajstić information content (AvgIpc) is 3.68. The Morgan fingerprint density at radius 3 is 2.14 bits per heavy atom. The smallest absolute Gasteiger partial charge is 0.176 e. The molecule has 1 N–H and O–H groups in total. The number of hydrogen-bond acceptors (Lipinski definition) is 5. The van der Waals surface area contributed by atoms with Crippen LogP contribution in [0, 0.1) is 0 Å². The van der Waals surface area contributed by atoms with Gasteiger partial charge in [0, 0.05) is 22.9 Å². The van der Waals surface area contributed by atoms with Gasteiger partial charge in [0.2, 0.25) is 0 Å². The highest BCUT2D eigenvalue weighted by atomic mass is 32.1. The number of furan rings is 1. The molecule has 0 saturated carbocycles. The third-order valence-electron chi connectivity index (χ3n) is 8.34. The number of methoxy groups -OCH3 is 1. The molecule has 1 unspecified atom stereocenters. The first kappa shape index (κ1) is 29.7. The van der Waals surface area contributed by atoms with E-state index < -0.39 is 0 Å². The first-order valence-electron chi connectivity index (χ1n) is 15.5. The number of nitrogens with zero attached hydrogens (tertiary/aromatic N) is 1. The summed E-state index contributed by atoms with van der Waals surface area (Å²) < 4.78 is 12.0. The van der Waals surface area contributed by atoms with E-state index in [1.54, 1.807) is 18.4 Å². The van der Waals surface area contributed by atoms with E-state index >= 15 is 0 Å². The Kier molecular flexibility index (Phi) is 8.58. The molecule has 0 fully saturated rings. The molecule has 0 aliphatic heterocycles. The van der Waals surface area contributed by atoms with Gasteiger partial charge in [-0.15, -0.1) is 11.3 Å². The summed E-state index contributed by atoms with van der Waals surface area (Å²) in [7, 11) is 1.68. The number of nitrogens with one attached hydrogen (secondary N) is 1. The van der Waals surface area contributed by atoms with Crippen LogP contribution >= 0.6 is 11.3 Å². The van der Waals surface area contributed by atoms with Crippen molar-refractivity contribution in [2.75, 3.05) is 12.4 Å². The second-order valence-electron chi connectivity index (χ2n) is 11.8. The minimum atomic E-state index is -0.166. The van der Waals surface area contributed by atoms with Crippen LogP contribution in [0.3, 0.4) is 0 Å². The van der Waals surface area contributed by atoms with Crippen molar-refractivity contribution in [1.82, 2.24) is 4.98 Å². The third kappa shape index (κ3) is 5.53. The lowest BCUT2D eigenvalue weighted by Gasteiger charge is -2.27.